The third-order valence-corrected chi connectivity index (χ3v) is 1.38. The van der Waals surface area contributed by atoms with Crippen molar-refractivity contribution in [3.05, 3.63) is 30.1 Å². The van der Waals surface area contributed by atoms with Crippen molar-refractivity contribution in [2.75, 3.05) is 13.2 Å². The van der Waals surface area contributed by atoms with Gasteiger partial charge in [0.25, 0.3) is 0 Å². The summed E-state index contributed by atoms with van der Waals surface area (Å²) in [6.07, 6.45) is 5.34. The van der Waals surface area contributed by atoms with Gasteiger partial charge in [0, 0.05) is 18.4 Å². The van der Waals surface area contributed by atoms with Gasteiger partial charge in [0.2, 0.25) is 0 Å². The molecule has 0 unspecified atom stereocenters. The Labute approximate surface area is 77.5 Å². The molecule has 70 valence electrons. The monoisotopic (exact) mass is 179 g/mol. The summed E-state index contributed by atoms with van der Waals surface area (Å²) in [7, 11) is 0. The molecule has 0 saturated heterocycles. The Morgan fingerprint density at radius 2 is 2.38 bits per heavy atom. The summed E-state index contributed by atoms with van der Waals surface area (Å²) < 4.78 is 5.22. The molecule has 13 heavy (non-hydrogen) atoms. The predicted octanol–water partition coefficient (Wildman–Crippen LogP) is 0.679. The van der Waals surface area contributed by atoms with Crippen molar-refractivity contribution in [3.8, 4) is 6.01 Å². The Kier molecular flexibility index (Phi) is 3.92. The third kappa shape index (κ3) is 3.66. The van der Waals surface area contributed by atoms with E-state index in [1.165, 1.54) is 0 Å². The van der Waals surface area contributed by atoms with Gasteiger partial charge in [-0.05, 0) is 19.1 Å². The number of ether oxygens (including phenoxy) is 1. The van der Waals surface area contributed by atoms with E-state index in [-0.39, 0.29) is 0 Å². The molecule has 0 radical (unpaired) electrons. The molecule has 0 spiro atoms. The summed E-state index contributed by atoms with van der Waals surface area (Å²) in [4.78, 5) is 8.01. The average Bonchev–Trinajstić information content (AvgIpc) is 2.13. The third-order valence-electron chi connectivity index (χ3n) is 1.38. The Hall–Kier alpha value is -1.42. The molecular formula is C9H13N3O. The van der Waals surface area contributed by atoms with Gasteiger partial charge in [-0.15, -0.1) is 0 Å². The van der Waals surface area contributed by atoms with Crippen molar-refractivity contribution in [1.29, 1.82) is 0 Å². The summed E-state index contributed by atoms with van der Waals surface area (Å²) in [5, 5.41) is 0. The molecule has 0 aromatic carbocycles. The van der Waals surface area contributed by atoms with Crippen LogP contribution in [0.3, 0.4) is 0 Å². The van der Waals surface area contributed by atoms with Crippen molar-refractivity contribution < 1.29 is 4.74 Å². The number of hydrogen-bond acceptors (Lipinski definition) is 4. The second-order valence-electron chi connectivity index (χ2n) is 2.50. The van der Waals surface area contributed by atoms with E-state index in [2.05, 4.69) is 9.97 Å². The molecule has 1 rings (SSSR count). The first kappa shape index (κ1) is 9.67. The van der Waals surface area contributed by atoms with Crippen molar-refractivity contribution >= 4 is 0 Å². The summed E-state index contributed by atoms with van der Waals surface area (Å²) in [5.41, 5.74) is 6.15. The lowest BCUT2D eigenvalue weighted by molar-refractivity contribution is 0.332. The van der Waals surface area contributed by atoms with E-state index in [9.17, 15) is 0 Å². The van der Waals surface area contributed by atoms with Crippen LogP contribution < -0.4 is 10.5 Å². The molecule has 1 aromatic rings. The minimum atomic E-state index is 0.404. The molecule has 1 heterocycles. The van der Waals surface area contributed by atoms with E-state index in [1.54, 1.807) is 6.20 Å². The van der Waals surface area contributed by atoms with Crippen molar-refractivity contribution in [3.63, 3.8) is 0 Å². The van der Waals surface area contributed by atoms with Gasteiger partial charge in [0.15, 0.2) is 0 Å². The van der Waals surface area contributed by atoms with Crippen LogP contribution in [-0.2, 0) is 0 Å². The minimum Gasteiger partial charge on any atom is -0.459 e. The molecule has 0 aliphatic carbocycles. The first-order chi connectivity index (χ1) is 6.33. The van der Waals surface area contributed by atoms with Gasteiger partial charge in [-0.3, -0.25) is 0 Å². The first-order valence-corrected chi connectivity index (χ1v) is 4.10. The fourth-order valence-electron chi connectivity index (χ4n) is 0.782. The maximum absolute atomic E-state index is 5.26. The summed E-state index contributed by atoms with van der Waals surface area (Å²) in [6.45, 7) is 2.88. The zero-order valence-corrected chi connectivity index (χ0v) is 7.60. The normalized spacial score (nSPS) is 10.6. The van der Waals surface area contributed by atoms with Gasteiger partial charge in [-0.1, -0.05) is 6.08 Å². The molecular weight excluding hydrogens is 166 g/mol. The summed E-state index contributed by atoms with van der Waals surface area (Å²) in [5.74, 6) is 0. The Bertz CT molecular complexity index is 286. The van der Waals surface area contributed by atoms with E-state index < -0.39 is 0 Å². The number of nitrogens with two attached hydrogens (primary N) is 1. The van der Waals surface area contributed by atoms with E-state index in [4.69, 9.17) is 10.5 Å². The van der Waals surface area contributed by atoms with Gasteiger partial charge in [0.05, 0.1) is 0 Å². The molecule has 0 bridgehead atoms. The van der Waals surface area contributed by atoms with Crippen molar-refractivity contribution in [1.82, 2.24) is 9.97 Å². The molecule has 0 aliphatic rings. The lowest BCUT2D eigenvalue weighted by Gasteiger charge is -2.00. The van der Waals surface area contributed by atoms with Gasteiger partial charge >= 0.3 is 6.01 Å². The average molecular weight is 179 g/mol. The number of nitrogens with zero attached hydrogens (tertiary/aromatic N) is 2. The molecule has 2 N–H and O–H groups in total. The van der Waals surface area contributed by atoms with Gasteiger partial charge in [0.1, 0.15) is 6.61 Å². The number of aromatic nitrogens is 2. The molecule has 0 atom stereocenters. The van der Waals surface area contributed by atoms with Crippen LogP contribution >= 0.6 is 0 Å². The molecule has 0 saturated carbocycles. The highest BCUT2D eigenvalue weighted by atomic mass is 16.5. The fourth-order valence-corrected chi connectivity index (χ4v) is 0.782. The van der Waals surface area contributed by atoms with Crippen LogP contribution in [-0.4, -0.2) is 23.1 Å². The molecule has 4 nitrogen and oxygen atoms in total. The van der Waals surface area contributed by atoms with Crippen LogP contribution in [0.1, 0.15) is 5.69 Å². The summed E-state index contributed by atoms with van der Waals surface area (Å²) >= 11 is 0. The van der Waals surface area contributed by atoms with E-state index in [0.717, 1.165) is 5.69 Å². The summed E-state index contributed by atoms with van der Waals surface area (Å²) in [6, 6.07) is 2.23. The minimum absolute atomic E-state index is 0.404. The highest BCUT2D eigenvalue weighted by molar-refractivity contribution is 5.03. The molecule has 1 aromatic heterocycles. The fraction of sp³-hybridized carbons (Fsp3) is 0.333. The van der Waals surface area contributed by atoms with Gasteiger partial charge < -0.3 is 10.5 Å². The maximum atomic E-state index is 5.26. The largest absolute Gasteiger partial charge is 0.459 e. The second kappa shape index (κ2) is 5.27. The number of hydrogen-bond donors (Lipinski definition) is 1. The molecule has 0 amide bonds. The quantitative estimate of drug-likeness (QED) is 0.690. The topological polar surface area (TPSA) is 61.0 Å². The standard InChI is InChI=1S/C9H13N3O/c1-8-4-6-11-9(12-8)13-7-3-2-5-10/h2-4,6H,5,7,10H2,1H3. The number of aryl methyl sites for hydroxylation is 1. The highest BCUT2D eigenvalue weighted by Crippen LogP contribution is 2.00. The van der Waals surface area contributed by atoms with Crippen LogP contribution in [0, 0.1) is 6.92 Å². The van der Waals surface area contributed by atoms with E-state index >= 15 is 0 Å². The van der Waals surface area contributed by atoms with Crippen LogP contribution in [0.5, 0.6) is 6.01 Å². The van der Waals surface area contributed by atoms with Crippen LogP contribution in [0.15, 0.2) is 24.4 Å². The zero-order valence-electron chi connectivity index (χ0n) is 7.60. The number of rotatable bonds is 4. The van der Waals surface area contributed by atoms with Crippen molar-refractivity contribution in [2.24, 2.45) is 5.73 Å². The van der Waals surface area contributed by atoms with Crippen LogP contribution in [0.4, 0.5) is 0 Å². The second-order valence-corrected chi connectivity index (χ2v) is 2.50. The molecule has 0 aliphatic heterocycles. The Morgan fingerprint density at radius 3 is 3.08 bits per heavy atom. The van der Waals surface area contributed by atoms with Gasteiger partial charge in [-0.2, -0.15) is 0 Å². The van der Waals surface area contributed by atoms with Crippen LogP contribution in [0.2, 0.25) is 0 Å². The maximum Gasteiger partial charge on any atom is 0.316 e. The molecule has 0 fully saturated rings. The Morgan fingerprint density at radius 1 is 1.54 bits per heavy atom. The van der Waals surface area contributed by atoms with Crippen LogP contribution in [0.25, 0.3) is 0 Å². The molecule has 4 heteroatoms. The lowest BCUT2D eigenvalue weighted by Crippen LogP contribution is -2.00. The Balaban J connectivity index is 2.41. The van der Waals surface area contributed by atoms with Crippen molar-refractivity contribution in [2.45, 2.75) is 6.92 Å². The SMILES string of the molecule is Cc1ccnc(OCC=CCN)n1. The van der Waals surface area contributed by atoms with E-state index in [0.29, 0.717) is 19.2 Å². The smallest absolute Gasteiger partial charge is 0.316 e. The zero-order chi connectivity index (χ0) is 9.52. The van der Waals surface area contributed by atoms with Gasteiger partial charge in [-0.25, -0.2) is 9.97 Å². The predicted molar refractivity (Wildman–Crippen MR) is 50.5 cm³/mol. The highest BCUT2D eigenvalue weighted by Gasteiger charge is 1.93. The lowest BCUT2D eigenvalue weighted by atomic mass is 10.5. The first-order valence-electron chi connectivity index (χ1n) is 4.10. The van der Waals surface area contributed by atoms with E-state index in [1.807, 2.05) is 25.1 Å².